The Balaban J connectivity index is 2.43. The molecule has 0 saturated carbocycles. The van der Waals surface area contributed by atoms with Crippen LogP contribution in [0.15, 0.2) is 33.6 Å². The number of aryl methyl sites for hydroxylation is 2. The fraction of sp³-hybridized carbons (Fsp3) is 0.154. The van der Waals surface area contributed by atoms with Gasteiger partial charge in [-0.3, -0.25) is 4.72 Å². The highest BCUT2D eigenvalue weighted by Crippen LogP contribution is 2.31. The molecule has 2 rings (SSSR count). The van der Waals surface area contributed by atoms with E-state index in [1.54, 1.807) is 19.1 Å². The van der Waals surface area contributed by atoms with Gasteiger partial charge in [0.15, 0.2) is 0 Å². The van der Waals surface area contributed by atoms with E-state index in [1.165, 1.54) is 6.07 Å². The van der Waals surface area contributed by atoms with E-state index in [2.05, 4.69) is 20.7 Å². The van der Waals surface area contributed by atoms with Crippen molar-refractivity contribution in [2.45, 2.75) is 18.7 Å². The molecule has 0 saturated heterocycles. The topological polar surface area (TPSA) is 83.5 Å². The standard InChI is InChI=1S/C13H12BrNO4S2/c1-7-4-3-5-9(12(7)14)15-21(18,19)11-6-10(13(16)17)20-8(11)2/h3-6,15H,1-2H3,(H,16,17). The molecule has 0 fully saturated rings. The van der Waals surface area contributed by atoms with Gasteiger partial charge in [0.05, 0.1) is 5.69 Å². The number of carboxylic acid groups (broad SMARTS) is 1. The molecule has 0 unspecified atom stereocenters. The molecule has 0 aliphatic carbocycles. The van der Waals surface area contributed by atoms with Crippen molar-refractivity contribution >= 4 is 48.9 Å². The minimum Gasteiger partial charge on any atom is -0.477 e. The Morgan fingerprint density at radius 3 is 2.57 bits per heavy atom. The molecule has 0 aliphatic rings. The van der Waals surface area contributed by atoms with Crippen LogP contribution < -0.4 is 4.72 Å². The Morgan fingerprint density at radius 1 is 1.33 bits per heavy atom. The number of thiophene rings is 1. The minimum atomic E-state index is -3.83. The van der Waals surface area contributed by atoms with Crippen LogP contribution in [0.2, 0.25) is 0 Å². The van der Waals surface area contributed by atoms with Crippen LogP contribution in [0, 0.1) is 13.8 Å². The monoisotopic (exact) mass is 389 g/mol. The molecule has 0 radical (unpaired) electrons. The zero-order valence-corrected chi connectivity index (χ0v) is 14.4. The van der Waals surface area contributed by atoms with Gasteiger partial charge < -0.3 is 5.11 Å². The molecule has 1 aromatic carbocycles. The quantitative estimate of drug-likeness (QED) is 0.835. The summed E-state index contributed by atoms with van der Waals surface area (Å²) < 4.78 is 27.9. The fourth-order valence-corrected chi connectivity index (χ4v) is 4.76. The first-order valence-corrected chi connectivity index (χ1v) is 8.93. The molecule has 0 aliphatic heterocycles. The van der Waals surface area contributed by atoms with E-state index in [9.17, 15) is 13.2 Å². The zero-order valence-electron chi connectivity index (χ0n) is 11.2. The predicted octanol–water partition coefficient (Wildman–Crippen LogP) is 3.63. The minimum absolute atomic E-state index is 0.00353. The third-order valence-electron chi connectivity index (χ3n) is 2.81. The highest BCUT2D eigenvalue weighted by Gasteiger charge is 2.23. The number of carbonyl (C=O) groups is 1. The Kier molecular flexibility index (Phi) is 4.40. The van der Waals surface area contributed by atoms with Gasteiger partial charge in [-0.1, -0.05) is 12.1 Å². The van der Waals surface area contributed by atoms with Gasteiger partial charge in [0.1, 0.15) is 9.77 Å². The maximum atomic E-state index is 12.4. The molecule has 8 heteroatoms. The van der Waals surface area contributed by atoms with Crippen LogP contribution in [0.5, 0.6) is 0 Å². The van der Waals surface area contributed by atoms with Gasteiger partial charge >= 0.3 is 5.97 Å². The molecule has 1 heterocycles. The van der Waals surface area contributed by atoms with Crippen molar-refractivity contribution < 1.29 is 18.3 Å². The van der Waals surface area contributed by atoms with Gasteiger partial charge in [0, 0.05) is 9.35 Å². The smallest absolute Gasteiger partial charge is 0.345 e. The molecule has 5 nitrogen and oxygen atoms in total. The molecule has 0 spiro atoms. The van der Waals surface area contributed by atoms with E-state index in [1.807, 2.05) is 13.0 Å². The van der Waals surface area contributed by atoms with Crippen molar-refractivity contribution in [1.82, 2.24) is 0 Å². The highest BCUT2D eigenvalue weighted by molar-refractivity contribution is 9.10. The van der Waals surface area contributed by atoms with Crippen molar-refractivity contribution in [3.63, 3.8) is 0 Å². The Morgan fingerprint density at radius 2 is 2.00 bits per heavy atom. The fourth-order valence-electron chi connectivity index (χ4n) is 1.76. The molecular weight excluding hydrogens is 378 g/mol. The lowest BCUT2D eigenvalue weighted by Gasteiger charge is -2.10. The maximum Gasteiger partial charge on any atom is 0.345 e. The molecule has 2 N–H and O–H groups in total. The third-order valence-corrected chi connectivity index (χ3v) is 6.52. The van der Waals surface area contributed by atoms with Gasteiger partial charge in [0.2, 0.25) is 0 Å². The SMILES string of the molecule is Cc1cccc(NS(=O)(=O)c2cc(C(=O)O)sc2C)c1Br. The maximum absolute atomic E-state index is 12.4. The summed E-state index contributed by atoms with van der Waals surface area (Å²) in [5.41, 5.74) is 1.31. The summed E-state index contributed by atoms with van der Waals surface area (Å²) in [6.07, 6.45) is 0. The number of benzene rings is 1. The number of aromatic carboxylic acids is 1. The number of anilines is 1. The highest BCUT2D eigenvalue weighted by atomic mass is 79.9. The average molecular weight is 390 g/mol. The first-order valence-electron chi connectivity index (χ1n) is 5.84. The van der Waals surface area contributed by atoms with Crippen molar-refractivity contribution in [3.8, 4) is 0 Å². The van der Waals surface area contributed by atoms with E-state index in [0.29, 0.717) is 15.0 Å². The van der Waals surface area contributed by atoms with Crippen molar-refractivity contribution in [2.24, 2.45) is 0 Å². The summed E-state index contributed by atoms with van der Waals surface area (Å²) in [4.78, 5) is 11.4. The average Bonchev–Trinajstić information content (AvgIpc) is 2.78. The van der Waals surface area contributed by atoms with Crippen LogP contribution in [-0.2, 0) is 10.0 Å². The van der Waals surface area contributed by atoms with Gasteiger partial charge in [-0.05, 0) is 47.5 Å². The molecule has 2 aromatic rings. The van der Waals surface area contributed by atoms with Crippen molar-refractivity contribution in [3.05, 3.63) is 44.1 Å². The van der Waals surface area contributed by atoms with E-state index in [-0.39, 0.29) is 9.77 Å². The van der Waals surface area contributed by atoms with Gasteiger partial charge in [0.25, 0.3) is 10.0 Å². The van der Waals surface area contributed by atoms with Crippen LogP contribution in [0.3, 0.4) is 0 Å². The van der Waals surface area contributed by atoms with Gasteiger partial charge in [-0.25, -0.2) is 13.2 Å². The Hall–Kier alpha value is -1.38. The number of carboxylic acids is 1. The molecule has 1 aromatic heterocycles. The van der Waals surface area contributed by atoms with E-state index >= 15 is 0 Å². The summed E-state index contributed by atoms with van der Waals surface area (Å²) in [6.45, 7) is 3.43. The largest absolute Gasteiger partial charge is 0.477 e. The van der Waals surface area contributed by atoms with Crippen LogP contribution in [-0.4, -0.2) is 19.5 Å². The van der Waals surface area contributed by atoms with Gasteiger partial charge in [-0.15, -0.1) is 11.3 Å². The van der Waals surface area contributed by atoms with Crippen LogP contribution >= 0.6 is 27.3 Å². The predicted molar refractivity (Wildman–Crippen MR) is 85.7 cm³/mol. The van der Waals surface area contributed by atoms with Crippen LogP contribution in [0.25, 0.3) is 0 Å². The summed E-state index contributed by atoms with van der Waals surface area (Å²) in [6, 6.07) is 6.39. The molecule has 21 heavy (non-hydrogen) atoms. The van der Waals surface area contributed by atoms with Gasteiger partial charge in [-0.2, -0.15) is 0 Å². The van der Waals surface area contributed by atoms with Crippen molar-refractivity contribution in [1.29, 1.82) is 0 Å². The Labute approximate surface area is 134 Å². The number of rotatable bonds is 4. The molecular formula is C13H12BrNO4S2. The lowest BCUT2D eigenvalue weighted by Crippen LogP contribution is -2.13. The third kappa shape index (κ3) is 3.28. The Bertz CT molecular complexity index is 812. The number of nitrogens with one attached hydrogen (secondary N) is 1. The first-order chi connectivity index (χ1) is 9.72. The van der Waals surface area contributed by atoms with Crippen molar-refractivity contribution in [2.75, 3.05) is 4.72 Å². The first kappa shape index (κ1) is 16.0. The normalized spacial score (nSPS) is 11.4. The molecule has 0 bridgehead atoms. The second-order valence-electron chi connectivity index (χ2n) is 4.38. The molecule has 0 atom stereocenters. The summed E-state index contributed by atoms with van der Waals surface area (Å²) >= 11 is 4.27. The number of sulfonamides is 1. The lowest BCUT2D eigenvalue weighted by molar-refractivity contribution is 0.0702. The summed E-state index contributed by atoms with van der Waals surface area (Å²) in [5.74, 6) is -1.14. The molecule has 0 amide bonds. The zero-order chi connectivity index (χ0) is 15.8. The van der Waals surface area contributed by atoms with E-state index < -0.39 is 16.0 Å². The van der Waals surface area contributed by atoms with E-state index in [4.69, 9.17) is 5.11 Å². The van der Waals surface area contributed by atoms with Crippen LogP contribution in [0.4, 0.5) is 5.69 Å². The lowest BCUT2D eigenvalue weighted by atomic mass is 10.2. The summed E-state index contributed by atoms with van der Waals surface area (Å²) in [5, 5.41) is 8.95. The number of hydrogen-bond acceptors (Lipinski definition) is 4. The number of hydrogen-bond donors (Lipinski definition) is 2. The summed E-state index contributed by atoms with van der Waals surface area (Å²) in [7, 11) is -3.83. The second kappa shape index (κ2) is 5.78. The van der Waals surface area contributed by atoms with E-state index in [0.717, 1.165) is 16.9 Å². The second-order valence-corrected chi connectivity index (χ2v) is 8.08. The number of halogens is 1. The molecule has 112 valence electrons. The van der Waals surface area contributed by atoms with Crippen LogP contribution in [0.1, 0.15) is 20.1 Å².